The highest BCUT2D eigenvalue weighted by Crippen LogP contribution is 2.36. The molecule has 4 nitrogen and oxygen atoms in total. The van der Waals surface area contributed by atoms with Crippen molar-refractivity contribution in [2.24, 2.45) is 17.6 Å². The van der Waals surface area contributed by atoms with Gasteiger partial charge in [-0.25, -0.2) is 0 Å². The second kappa shape index (κ2) is 5.80. The smallest absolute Gasteiger partial charge is 0.223 e. The summed E-state index contributed by atoms with van der Waals surface area (Å²) in [7, 11) is 4.23. The highest BCUT2D eigenvalue weighted by atomic mass is 16.1. The van der Waals surface area contributed by atoms with E-state index in [1.807, 2.05) is 0 Å². The first-order valence-corrected chi connectivity index (χ1v) is 7.67. The molecule has 3 N–H and O–H groups in total. The molecule has 2 fully saturated rings. The van der Waals surface area contributed by atoms with Crippen LogP contribution in [0.1, 0.15) is 45.4 Å². The van der Waals surface area contributed by atoms with Gasteiger partial charge in [-0.15, -0.1) is 0 Å². The molecule has 3 unspecified atom stereocenters. The number of likely N-dealkylation sites (N-methyl/N-ethyl adjacent to an activating group) is 1. The fraction of sp³-hybridized carbons (Fsp3) is 0.933. The van der Waals surface area contributed by atoms with Gasteiger partial charge in [0, 0.05) is 24.0 Å². The Kier molecular flexibility index (Phi) is 4.51. The Hall–Kier alpha value is -0.610. The molecular weight excluding hydrogens is 238 g/mol. The topological polar surface area (TPSA) is 58.4 Å². The van der Waals surface area contributed by atoms with Crippen molar-refractivity contribution in [1.29, 1.82) is 0 Å². The third-order valence-electron chi connectivity index (χ3n) is 5.52. The number of hydrogen-bond donors (Lipinski definition) is 2. The summed E-state index contributed by atoms with van der Waals surface area (Å²) in [6.45, 7) is 2.91. The first-order valence-electron chi connectivity index (χ1n) is 7.67. The van der Waals surface area contributed by atoms with E-state index in [4.69, 9.17) is 5.73 Å². The average molecular weight is 267 g/mol. The molecule has 0 radical (unpaired) electrons. The van der Waals surface area contributed by atoms with E-state index >= 15 is 0 Å². The molecule has 1 amide bonds. The summed E-state index contributed by atoms with van der Waals surface area (Å²) in [5.41, 5.74) is 6.29. The maximum absolute atomic E-state index is 12.4. The Labute approximate surface area is 117 Å². The lowest BCUT2D eigenvalue weighted by atomic mass is 9.74. The summed E-state index contributed by atoms with van der Waals surface area (Å²) >= 11 is 0. The molecule has 3 atom stereocenters. The standard InChI is InChI=1S/C15H29N3O/c1-11-12(6-4-7-13(11)16)14(19)17-10-15(18(2)3)8-5-9-15/h11-13H,4-10,16H2,1-3H3,(H,17,19). The molecule has 19 heavy (non-hydrogen) atoms. The third-order valence-corrected chi connectivity index (χ3v) is 5.52. The van der Waals surface area contributed by atoms with Gasteiger partial charge in [0.05, 0.1) is 0 Å². The SMILES string of the molecule is CC1C(N)CCCC1C(=O)NCC1(N(C)C)CCC1. The lowest BCUT2D eigenvalue weighted by Gasteiger charge is -2.47. The quantitative estimate of drug-likeness (QED) is 0.808. The van der Waals surface area contributed by atoms with Gasteiger partial charge in [0.1, 0.15) is 0 Å². The summed E-state index contributed by atoms with van der Waals surface area (Å²) in [6.07, 6.45) is 6.81. The molecule has 0 heterocycles. The Balaban J connectivity index is 1.87. The maximum atomic E-state index is 12.4. The zero-order valence-electron chi connectivity index (χ0n) is 12.6. The van der Waals surface area contributed by atoms with Crippen LogP contribution in [0.2, 0.25) is 0 Å². The van der Waals surface area contributed by atoms with Gasteiger partial charge in [-0.05, 0) is 52.1 Å². The normalized spacial score (nSPS) is 33.8. The van der Waals surface area contributed by atoms with Crippen LogP contribution in [-0.2, 0) is 4.79 Å². The van der Waals surface area contributed by atoms with Crippen LogP contribution in [-0.4, -0.2) is 43.0 Å². The van der Waals surface area contributed by atoms with Crippen molar-refractivity contribution in [1.82, 2.24) is 10.2 Å². The van der Waals surface area contributed by atoms with Crippen molar-refractivity contribution < 1.29 is 4.79 Å². The van der Waals surface area contributed by atoms with Crippen molar-refractivity contribution in [2.45, 2.75) is 57.0 Å². The van der Waals surface area contributed by atoms with Crippen LogP contribution in [0.25, 0.3) is 0 Å². The van der Waals surface area contributed by atoms with Gasteiger partial charge < -0.3 is 16.0 Å². The minimum atomic E-state index is 0.114. The molecule has 0 aliphatic heterocycles. The van der Waals surface area contributed by atoms with Crippen LogP contribution in [0, 0.1) is 11.8 Å². The number of carbonyl (C=O) groups is 1. The molecule has 0 saturated heterocycles. The number of rotatable bonds is 4. The van der Waals surface area contributed by atoms with E-state index in [0.29, 0.717) is 5.92 Å². The summed E-state index contributed by atoms with van der Waals surface area (Å²) in [6, 6.07) is 0.191. The van der Waals surface area contributed by atoms with Gasteiger partial charge in [-0.1, -0.05) is 13.3 Å². The number of nitrogens with zero attached hydrogens (tertiary/aromatic N) is 1. The summed E-state index contributed by atoms with van der Waals surface area (Å²) in [5, 5.41) is 3.19. The van der Waals surface area contributed by atoms with Crippen molar-refractivity contribution in [3.8, 4) is 0 Å². The van der Waals surface area contributed by atoms with E-state index < -0.39 is 0 Å². The van der Waals surface area contributed by atoms with Crippen molar-refractivity contribution in [3.05, 3.63) is 0 Å². The van der Waals surface area contributed by atoms with E-state index in [1.54, 1.807) is 0 Å². The van der Waals surface area contributed by atoms with Crippen LogP contribution in [0.4, 0.5) is 0 Å². The Morgan fingerprint density at radius 1 is 1.32 bits per heavy atom. The fourth-order valence-electron chi connectivity index (χ4n) is 3.52. The maximum Gasteiger partial charge on any atom is 0.223 e. The summed E-state index contributed by atoms with van der Waals surface area (Å²) < 4.78 is 0. The van der Waals surface area contributed by atoms with Crippen molar-refractivity contribution in [3.63, 3.8) is 0 Å². The minimum Gasteiger partial charge on any atom is -0.354 e. The Morgan fingerprint density at radius 3 is 2.53 bits per heavy atom. The second-order valence-electron chi connectivity index (χ2n) is 6.75. The van der Waals surface area contributed by atoms with Gasteiger partial charge >= 0.3 is 0 Å². The molecule has 0 spiro atoms. The van der Waals surface area contributed by atoms with E-state index in [9.17, 15) is 4.79 Å². The lowest BCUT2D eigenvalue weighted by Crippen LogP contribution is -2.58. The van der Waals surface area contributed by atoms with Crippen molar-refractivity contribution in [2.75, 3.05) is 20.6 Å². The Morgan fingerprint density at radius 2 is 2.00 bits per heavy atom. The molecule has 0 aromatic heterocycles. The lowest BCUT2D eigenvalue weighted by molar-refractivity contribution is -0.128. The average Bonchev–Trinajstić information content (AvgIpc) is 2.30. The van der Waals surface area contributed by atoms with E-state index in [-0.39, 0.29) is 23.4 Å². The largest absolute Gasteiger partial charge is 0.354 e. The molecule has 2 aliphatic carbocycles. The minimum absolute atomic E-state index is 0.114. The summed E-state index contributed by atoms with van der Waals surface area (Å²) in [4.78, 5) is 14.6. The molecule has 0 bridgehead atoms. The van der Waals surface area contributed by atoms with Crippen LogP contribution >= 0.6 is 0 Å². The number of amides is 1. The van der Waals surface area contributed by atoms with Gasteiger partial charge in [0.25, 0.3) is 0 Å². The molecular formula is C15H29N3O. The Bertz CT molecular complexity index is 325. The predicted octanol–water partition coefficient (Wildman–Crippen LogP) is 1.35. The molecule has 4 heteroatoms. The first kappa shape index (κ1) is 14.8. The van der Waals surface area contributed by atoms with Crippen molar-refractivity contribution >= 4 is 5.91 Å². The zero-order chi connectivity index (χ0) is 14.0. The number of nitrogens with two attached hydrogens (primary N) is 1. The first-order chi connectivity index (χ1) is 8.96. The second-order valence-corrected chi connectivity index (χ2v) is 6.75. The third kappa shape index (κ3) is 2.95. The highest BCUT2D eigenvalue weighted by molar-refractivity contribution is 5.79. The molecule has 2 rings (SSSR count). The number of nitrogens with one attached hydrogen (secondary N) is 1. The summed E-state index contributed by atoms with van der Waals surface area (Å²) in [5.74, 6) is 0.643. The molecule has 0 aromatic rings. The van der Waals surface area contributed by atoms with Gasteiger partial charge in [-0.2, -0.15) is 0 Å². The highest BCUT2D eigenvalue weighted by Gasteiger charge is 2.40. The molecule has 2 saturated carbocycles. The van der Waals surface area contributed by atoms with Gasteiger partial charge in [-0.3, -0.25) is 4.79 Å². The van der Waals surface area contributed by atoms with Crippen LogP contribution in [0.3, 0.4) is 0 Å². The van der Waals surface area contributed by atoms with Crippen LogP contribution in [0.15, 0.2) is 0 Å². The van der Waals surface area contributed by atoms with Gasteiger partial charge in [0.2, 0.25) is 5.91 Å². The number of carbonyl (C=O) groups excluding carboxylic acids is 1. The number of hydrogen-bond acceptors (Lipinski definition) is 3. The monoisotopic (exact) mass is 267 g/mol. The van der Waals surface area contributed by atoms with Crippen LogP contribution < -0.4 is 11.1 Å². The molecule has 2 aliphatic rings. The van der Waals surface area contributed by atoms with Crippen LogP contribution in [0.5, 0.6) is 0 Å². The van der Waals surface area contributed by atoms with E-state index in [1.165, 1.54) is 19.3 Å². The van der Waals surface area contributed by atoms with E-state index in [2.05, 4.69) is 31.2 Å². The zero-order valence-corrected chi connectivity index (χ0v) is 12.6. The fourth-order valence-corrected chi connectivity index (χ4v) is 3.52. The van der Waals surface area contributed by atoms with Gasteiger partial charge in [0.15, 0.2) is 0 Å². The predicted molar refractivity (Wildman–Crippen MR) is 77.8 cm³/mol. The van der Waals surface area contributed by atoms with E-state index in [0.717, 1.165) is 25.8 Å². The molecule has 0 aromatic carbocycles. The molecule has 110 valence electrons.